The van der Waals surface area contributed by atoms with Crippen molar-refractivity contribution in [1.29, 1.82) is 0 Å². The summed E-state index contributed by atoms with van der Waals surface area (Å²) in [4.78, 5) is 4.50. The normalized spacial score (nSPS) is 15.4. The maximum absolute atomic E-state index is 4.50. The molecule has 1 aromatic heterocycles. The topological polar surface area (TPSA) is 12.9 Å². The predicted octanol–water partition coefficient (Wildman–Crippen LogP) is 2.40. The Labute approximate surface area is 76.8 Å². The lowest BCUT2D eigenvalue weighted by Gasteiger charge is -1.85. The van der Waals surface area contributed by atoms with Gasteiger partial charge in [0.15, 0.2) is 0 Å². The molecule has 12 heavy (non-hydrogen) atoms. The summed E-state index contributed by atoms with van der Waals surface area (Å²) in [6, 6.07) is 0. The van der Waals surface area contributed by atoms with E-state index in [1.54, 1.807) is 11.3 Å². The molecule has 0 bridgehead atoms. The van der Waals surface area contributed by atoms with Gasteiger partial charge in [0.25, 0.3) is 0 Å². The Morgan fingerprint density at radius 3 is 3.17 bits per heavy atom. The van der Waals surface area contributed by atoms with Gasteiger partial charge in [0.1, 0.15) is 5.01 Å². The number of nitrogens with zero attached hydrogens (tertiary/aromatic N) is 1. The van der Waals surface area contributed by atoms with Gasteiger partial charge in [0.2, 0.25) is 0 Å². The predicted molar refractivity (Wildman–Crippen MR) is 50.9 cm³/mol. The minimum atomic E-state index is 0.765. The molecular formula is C10H10NS. The van der Waals surface area contributed by atoms with E-state index >= 15 is 0 Å². The highest BCUT2D eigenvalue weighted by molar-refractivity contribution is 7.09. The zero-order valence-electron chi connectivity index (χ0n) is 6.84. The van der Waals surface area contributed by atoms with Crippen molar-refractivity contribution in [2.45, 2.75) is 25.2 Å². The fourth-order valence-corrected chi connectivity index (χ4v) is 1.93. The van der Waals surface area contributed by atoms with E-state index in [0.717, 1.165) is 17.3 Å². The first kappa shape index (κ1) is 7.82. The highest BCUT2D eigenvalue weighted by atomic mass is 32.1. The van der Waals surface area contributed by atoms with Crippen LogP contribution >= 0.6 is 11.3 Å². The van der Waals surface area contributed by atoms with Crippen LogP contribution in [0.2, 0.25) is 0 Å². The van der Waals surface area contributed by atoms with Crippen LogP contribution in [0.3, 0.4) is 0 Å². The van der Waals surface area contributed by atoms with Crippen molar-refractivity contribution in [2.24, 2.45) is 0 Å². The van der Waals surface area contributed by atoms with Crippen LogP contribution in [0, 0.1) is 18.8 Å². The van der Waals surface area contributed by atoms with E-state index < -0.39 is 0 Å². The lowest BCUT2D eigenvalue weighted by atomic mass is 10.3. The molecule has 1 fully saturated rings. The molecule has 2 rings (SSSR count). The van der Waals surface area contributed by atoms with Crippen LogP contribution in [0.1, 0.15) is 29.5 Å². The van der Waals surface area contributed by atoms with Gasteiger partial charge in [-0.15, -0.1) is 17.3 Å². The minimum absolute atomic E-state index is 0.765. The van der Waals surface area contributed by atoms with Crippen LogP contribution in [-0.2, 0) is 6.42 Å². The molecule has 0 spiro atoms. The van der Waals surface area contributed by atoms with E-state index in [4.69, 9.17) is 0 Å². The summed E-state index contributed by atoms with van der Waals surface area (Å²) in [5.41, 5.74) is 1.28. The average Bonchev–Trinajstić information content (AvgIpc) is 2.83. The van der Waals surface area contributed by atoms with Crippen molar-refractivity contribution in [2.75, 3.05) is 0 Å². The number of thiazole rings is 1. The van der Waals surface area contributed by atoms with Gasteiger partial charge >= 0.3 is 0 Å². The van der Waals surface area contributed by atoms with E-state index in [1.807, 2.05) is 0 Å². The molecular weight excluding hydrogens is 166 g/mol. The standard InChI is InChI=1S/C10H10NS/c1-2-3-4-10-11-9(7-12-10)8-5-6-8/h7-8H,1,4-6H2. The third-order valence-electron chi connectivity index (χ3n) is 1.93. The molecule has 0 N–H and O–H groups in total. The largest absolute Gasteiger partial charge is 0.245 e. The third kappa shape index (κ3) is 1.67. The Morgan fingerprint density at radius 2 is 2.50 bits per heavy atom. The van der Waals surface area contributed by atoms with E-state index in [2.05, 4.69) is 29.1 Å². The number of rotatable bonds is 2. The highest BCUT2D eigenvalue weighted by Crippen LogP contribution is 2.40. The average molecular weight is 176 g/mol. The van der Waals surface area contributed by atoms with Crippen LogP contribution in [0.25, 0.3) is 0 Å². The Hall–Kier alpha value is -0.810. The summed E-state index contributed by atoms with van der Waals surface area (Å²) in [5, 5.41) is 3.30. The molecule has 2 heteroatoms. The highest BCUT2D eigenvalue weighted by Gasteiger charge is 2.25. The van der Waals surface area contributed by atoms with Crippen molar-refractivity contribution in [3.05, 3.63) is 23.0 Å². The quantitative estimate of drug-likeness (QED) is 0.630. The second-order valence-corrected chi connectivity index (χ2v) is 3.91. The molecule has 1 aliphatic rings. The maximum atomic E-state index is 4.50. The van der Waals surface area contributed by atoms with Crippen molar-refractivity contribution >= 4 is 11.3 Å². The molecule has 0 aromatic carbocycles. The van der Waals surface area contributed by atoms with Crippen molar-refractivity contribution in [3.8, 4) is 11.8 Å². The van der Waals surface area contributed by atoms with E-state index in [9.17, 15) is 0 Å². The summed E-state index contributed by atoms with van der Waals surface area (Å²) in [5.74, 6) is 6.33. The fraction of sp³-hybridized carbons (Fsp3) is 0.400. The molecule has 0 unspecified atom stereocenters. The molecule has 1 aromatic rings. The van der Waals surface area contributed by atoms with Gasteiger partial charge in [0.05, 0.1) is 12.1 Å². The Kier molecular flexibility index (Phi) is 2.14. The van der Waals surface area contributed by atoms with Gasteiger partial charge in [-0.05, 0) is 12.8 Å². The molecule has 0 atom stereocenters. The summed E-state index contributed by atoms with van der Waals surface area (Å²) >= 11 is 1.72. The zero-order chi connectivity index (χ0) is 8.39. The number of hydrogen-bond donors (Lipinski definition) is 0. The zero-order valence-corrected chi connectivity index (χ0v) is 7.66. The van der Waals surface area contributed by atoms with Gasteiger partial charge in [-0.2, -0.15) is 0 Å². The molecule has 1 saturated carbocycles. The third-order valence-corrected chi connectivity index (χ3v) is 2.80. The Morgan fingerprint density at radius 1 is 1.67 bits per heavy atom. The van der Waals surface area contributed by atoms with Crippen LogP contribution in [0.5, 0.6) is 0 Å². The molecule has 0 amide bonds. The van der Waals surface area contributed by atoms with Crippen LogP contribution in [-0.4, -0.2) is 4.98 Å². The van der Waals surface area contributed by atoms with Crippen LogP contribution < -0.4 is 0 Å². The summed E-state index contributed by atoms with van der Waals surface area (Å²) < 4.78 is 0. The first-order chi connectivity index (χ1) is 5.90. The first-order valence-electron chi connectivity index (χ1n) is 4.09. The molecule has 1 heterocycles. The SMILES string of the molecule is [CH2]C#CCc1nc(C2CC2)cs1. The van der Waals surface area contributed by atoms with E-state index in [0.29, 0.717) is 0 Å². The molecule has 1 nitrogen and oxygen atoms in total. The van der Waals surface area contributed by atoms with Crippen molar-refractivity contribution in [1.82, 2.24) is 4.98 Å². The van der Waals surface area contributed by atoms with Crippen LogP contribution in [0.4, 0.5) is 0 Å². The Bertz CT molecular complexity index is 325. The molecule has 61 valence electrons. The maximum Gasteiger partial charge on any atom is 0.105 e. The molecule has 1 radical (unpaired) electrons. The number of aromatic nitrogens is 1. The summed E-state index contributed by atoms with van der Waals surface area (Å²) in [6.45, 7) is 3.47. The summed E-state index contributed by atoms with van der Waals surface area (Å²) in [7, 11) is 0. The van der Waals surface area contributed by atoms with Gasteiger partial charge in [-0.25, -0.2) is 4.98 Å². The van der Waals surface area contributed by atoms with Crippen molar-refractivity contribution < 1.29 is 0 Å². The molecule has 0 saturated heterocycles. The van der Waals surface area contributed by atoms with E-state index in [-0.39, 0.29) is 0 Å². The molecule has 0 aliphatic heterocycles. The van der Waals surface area contributed by atoms with Gasteiger partial charge in [-0.3, -0.25) is 0 Å². The monoisotopic (exact) mass is 176 g/mol. The second-order valence-electron chi connectivity index (χ2n) is 2.97. The lowest BCUT2D eigenvalue weighted by Crippen LogP contribution is -1.82. The summed E-state index contributed by atoms with van der Waals surface area (Å²) in [6.07, 6.45) is 3.41. The van der Waals surface area contributed by atoms with E-state index in [1.165, 1.54) is 18.5 Å². The molecule has 1 aliphatic carbocycles. The first-order valence-corrected chi connectivity index (χ1v) is 4.97. The fourth-order valence-electron chi connectivity index (χ4n) is 1.11. The lowest BCUT2D eigenvalue weighted by molar-refractivity contribution is 1.02. The van der Waals surface area contributed by atoms with Crippen LogP contribution in [0.15, 0.2) is 5.38 Å². The van der Waals surface area contributed by atoms with Gasteiger partial charge in [0, 0.05) is 18.2 Å². The second kappa shape index (κ2) is 3.28. The van der Waals surface area contributed by atoms with Gasteiger partial charge in [-0.1, -0.05) is 5.92 Å². The Balaban J connectivity index is 2.05. The van der Waals surface area contributed by atoms with Gasteiger partial charge < -0.3 is 0 Å². The van der Waals surface area contributed by atoms with Crippen molar-refractivity contribution in [3.63, 3.8) is 0 Å². The number of hydrogen-bond acceptors (Lipinski definition) is 2. The smallest absolute Gasteiger partial charge is 0.105 e. The minimum Gasteiger partial charge on any atom is -0.245 e.